The number of hydrogen-bond acceptors (Lipinski definition) is 3. The number of carbonyl (C=O) groups is 1. The molecule has 2 rings (SSSR count). The van der Waals surface area contributed by atoms with Crippen molar-refractivity contribution in [2.24, 2.45) is 0 Å². The first-order chi connectivity index (χ1) is 7.33. The number of nitrogens with zero attached hydrogens (tertiary/aromatic N) is 1. The Morgan fingerprint density at radius 1 is 1.47 bits per heavy atom. The molecule has 0 bridgehead atoms. The van der Waals surface area contributed by atoms with E-state index in [4.69, 9.17) is 9.47 Å². The Hall–Kier alpha value is -0.610. The summed E-state index contributed by atoms with van der Waals surface area (Å²) in [4.78, 5) is 14.0. The van der Waals surface area contributed by atoms with Crippen molar-refractivity contribution in [3.63, 3.8) is 0 Å². The first kappa shape index (κ1) is 10.9. The van der Waals surface area contributed by atoms with Gasteiger partial charge in [-0.1, -0.05) is 0 Å². The second-order valence-electron chi connectivity index (χ2n) is 4.28. The number of rotatable bonds is 3. The zero-order chi connectivity index (χ0) is 10.7. The van der Waals surface area contributed by atoms with Gasteiger partial charge in [0.15, 0.2) is 0 Å². The Morgan fingerprint density at radius 3 is 3.00 bits per heavy atom. The molecule has 2 aliphatic rings. The molecule has 0 aliphatic carbocycles. The van der Waals surface area contributed by atoms with Gasteiger partial charge in [0.2, 0.25) is 0 Å². The monoisotopic (exact) mass is 213 g/mol. The van der Waals surface area contributed by atoms with Crippen molar-refractivity contribution in [2.45, 2.75) is 37.8 Å². The van der Waals surface area contributed by atoms with E-state index >= 15 is 0 Å². The lowest BCUT2D eigenvalue weighted by molar-refractivity contribution is -0.142. The van der Waals surface area contributed by atoms with Gasteiger partial charge in [0, 0.05) is 20.3 Å². The van der Waals surface area contributed by atoms with Crippen molar-refractivity contribution in [3.05, 3.63) is 0 Å². The molecule has 0 radical (unpaired) electrons. The molecule has 15 heavy (non-hydrogen) atoms. The summed E-state index contributed by atoms with van der Waals surface area (Å²) in [5.74, 6) is 0.173. The summed E-state index contributed by atoms with van der Waals surface area (Å²) in [6.45, 7) is 2.25. The molecule has 2 fully saturated rings. The molecule has 4 nitrogen and oxygen atoms in total. The standard InChI is InChI=1S/C11H19NO3/c1-14-8-9-4-2-6-12(9)11(13)10-5-3-7-15-10/h9-10H,2-8H2,1H3. The van der Waals surface area contributed by atoms with Crippen LogP contribution in [0.3, 0.4) is 0 Å². The second-order valence-corrected chi connectivity index (χ2v) is 4.28. The first-order valence-corrected chi connectivity index (χ1v) is 5.74. The lowest BCUT2D eigenvalue weighted by atomic mass is 10.2. The van der Waals surface area contributed by atoms with E-state index in [1.165, 1.54) is 0 Å². The molecule has 0 saturated carbocycles. The lowest BCUT2D eigenvalue weighted by Crippen LogP contribution is -2.43. The topological polar surface area (TPSA) is 38.8 Å². The summed E-state index contributed by atoms with van der Waals surface area (Å²) in [5.41, 5.74) is 0. The average molecular weight is 213 g/mol. The maximum atomic E-state index is 12.1. The molecule has 0 aromatic rings. The van der Waals surface area contributed by atoms with Crippen LogP contribution in [0, 0.1) is 0 Å². The van der Waals surface area contributed by atoms with Gasteiger partial charge in [-0.2, -0.15) is 0 Å². The van der Waals surface area contributed by atoms with Gasteiger partial charge in [-0.25, -0.2) is 0 Å². The van der Waals surface area contributed by atoms with Crippen LogP contribution >= 0.6 is 0 Å². The van der Waals surface area contributed by atoms with Crippen molar-refractivity contribution in [1.29, 1.82) is 0 Å². The van der Waals surface area contributed by atoms with Crippen molar-refractivity contribution < 1.29 is 14.3 Å². The largest absolute Gasteiger partial charge is 0.383 e. The van der Waals surface area contributed by atoms with Crippen molar-refractivity contribution in [2.75, 3.05) is 26.9 Å². The fourth-order valence-corrected chi connectivity index (χ4v) is 2.45. The molecule has 2 heterocycles. The highest BCUT2D eigenvalue weighted by atomic mass is 16.5. The van der Waals surface area contributed by atoms with Gasteiger partial charge in [-0.05, 0) is 25.7 Å². The van der Waals surface area contributed by atoms with Crippen LogP contribution in [-0.2, 0) is 14.3 Å². The molecule has 2 saturated heterocycles. The van der Waals surface area contributed by atoms with Crippen LogP contribution in [0.5, 0.6) is 0 Å². The van der Waals surface area contributed by atoms with E-state index in [-0.39, 0.29) is 18.1 Å². The third-order valence-corrected chi connectivity index (χ3v) is 3.22. The molecule has 2 unspecified atom stereocenters. The second kappa shape index (κ2) is 4.94. The SMILES string of the molecule is COCC1CCCN1C(=O)C1CCCO1. The average Bonchev–Trinajstić information content (AvgIpc) is 2.87. The van der Waals surface area contributed by atoms with Gasteiger partial charge in [0.05, 0.1) is 12.6 Å². The van der Waals surface area contributed by atoms with Gasteiger partial charge < -0.3 is 14.4 Å². The quantitative estimate of drug-likeness (QED) is 0.696. The Morgan fingerprint density at radius 2 is 2.33 bits per heavy atom. The third-order valence-electron chi connectivity index (χ3n) is 3.22. The summed E-state index contributed by atoms with van der Waals surface area (Å²) in [5, 5.41) is 0. The predicted octanol–water partition coefficient (Wildman–Crippen LogP) is 0.803. The summed E-state index contributed by atoms with van der Waals surface area (Å²) in [6, 6.07) is 0.270. The number of ether oxygens (including phenoxy) is 2. The van der Waals surface area contributed by atoms with Crippen LogP contribution in [0.1, 0.15) is 25.7 Å². The van der Waals surface area contributed by atoms with Gasteiger partial charge >= 0.3 is 0 Å². The van der Waals surface area contributed by atoms with E-state index in [0.29, 0.717) is 6.61 Å². The van der Waals surface area contributed by atoms with E-state index in [0.717, 1.165) is 38.8 Å². The summed E-state index contributed by atoms with van der Waals surface area (Å²) >= 11 is 0. The molecule has 0 aromatic carbocycles. The van der Waals surface area contributed by atoms with Gasteiger partial charge in [0.1, 0.15) is 6.10 Å². The van der Waals surface area contributed by atoms with Crippen LogP contribution < -0.4 is 0 Å². The minimum absolute atomic E-state index is 0.173. The van der Waals surface area contributed by atoms with E-state index in [1.807, 2.05) is 4.90 Å². The van der Waals surface area contributed by atoms with Crippen LogP contribution in [-0.4, -0.2) is 49.8 Å². The molecule has 0 spiro atoms. The maximum absolute atomic E-state index is 12.1. The van der Waals surface area contributed by atoms with Crippen LogP contribution in [0.4, 0.5) is 0 Å². The van der Waals surface area contributed by atoms with Gasteiger partial charge in [-0.15, -0.1) is 0 Å². The number of carbonyl (C=O) groups excluding carboxylic acids is 1. The van der Waals surface area contributed by atoms with Crippen LogP contribution in [0.2, 0.25) is 0 Å². The fourth-order valence-electron chi connectivity index (χ4n) is 2.45. The minimum Gasteiger partial charge on any atom is -0.383 e. The Bertz CT molecular complexity index is 226. The third kappa shape index (κ3) is 2.32. The van der Waals surface area contributed by atoms with E-state index < -0.39 is 0 Å². The zero-order valence-corrected chi connectivity index (χ0v) is 9.28. The predicted molar refractivity (Wildman–Crippen MR) is 55.6 cm³/mol. The van der Waals surface area contributed by atoms with Crippen molar-refractivity contribution in [1.82, 2.24) is 4.90 Å². The number of likely N-dealkylation sites (tertiary alicyclic amines) is 1. The van der Waals surface area contributed by atoms with E-state index in [9.17, 15) is 4.79 Å². The van der Waals surface area contributed by atoms with Crippen LogP contribution in [0.25, 0.3) is 0 Å². The normalized spacial score (nSPS) is 31.1. The smallest absolute Gasteiger partial charge is 0.252 e. The maximum Gasteiger partial charge on any atom is 0.252 e. The van der Waals surface area contributed by atoms with Gasteiger partial charge in [-0.3, -0.25) is 4.79 Å². The summed E-state index contributed by atoms with van der Waals surface area (Å²) < 4.78 is 10.6. The highest BCUT2D eigenvalue weighted by Crippen LogP contribution is 2.22. The molecular formula is C11H19NO3. The zero-order valence-electron chi connectivity index (χ0n) is 9.28. The number of methoxy groups -OCH3 is 1. The highest BCUT2D eigenvalue weighted by Gasteiger charge is 2.34. The van der Waals surface area contributed by atoms with E-state index in [1.54, 1.807) is 7.11 Å². The molecule has 86 valence electrons. The molecule has 2 aliphatic heterocycles. The summed E-state index contributed by atoms with van der Waals surface area (Å²) in [6.07, 6.45) is 3.87. The van der Waals surface area contributed by atoms with E-state index in [2.05, 4.69) is 0 Å². The van der Waals surface area contributed by atoms with Gasteiger partial charge in [0.25, 0.3) is 5.91 Å². The highest BCUT2D eigenvalue weighted by molar-refractivity contribution is 5.81. The molecular weight excluding hydrogens is 194 g/mol. The molecule has 2 atom stereocenters. The molecule has 0 aromatic heterocycles. The van der Waals surface area contributed by atoms with Crippen molar-refractivity contribution >= 4 is 5.91 Å². The first-order valence-electron chi connectivity index (χ1n) is 5.74. The summed E-state index contributed by atoms with van der Waals surface area (Å²) in [7, 11) is 1.69. The Labute approximate surface area is 90.5 Å². The number of amides is 1. The number of hydrogen-bond donors (Lipinski definition) is 0. The van der Waals surface area contributed by atoms with Crippen molar-refractivity contribution in [3.8, 4) is 0 Å². The Kier molecular flexibility index (Phi) is 3.59. The lowest BCUT2D eigenvalue weighted by Gasteiger charge is -2.26. The minimum atomic E-state index is -0.178. The van der Waals surface area contributed by atoms with Crippen LogP contribution in [0.15, 0.2) is 0 Å². The fraction of sp³-hybridized carbons (Fsp3) is 0.909. The Balaban J connectivity index is 1.92. The molecule has 4 heteroatoms. The molecule has 0 N–H and O–H groups in total. The molecule has 1 amide bonds.